The van der Waals surface area contributed by atoms with Crippen LogP contribution in [0.5, 0.6) is 0 Å². The Bertz CT molecular complexity index is 674. The first-order valence-corrected chi connectivity index (χ1v) is 9.84. The summed E-state index contributed by atoms with van der Waals surface area (Å²) in [6.45, 7) is 13.7. The third-order valence-electron chi connectivity index (χ3n) is 4.55. The highest BCUT2D eigenvalue weighted by molar-refractivity contribution is 5.78. The van der Waals surface area contributed by atoms with Crippen LogP contribution in [0.2, 0.25) is 0 Å². The summed E-state index contributed by atoms with van der Waals surface area (Å²) < 4.78 is 16.0. The van der Waals surface area contributed by atoms with Crippen LogP contribution < -0.4 is 4.90 Å². The molecule has 1 saturated heterocycles. The molecule has 0 N–H and O–H groups in total. The van der Waals surface area contributed by atoms with E-state index in [1.807, 2.05) is 40.7 Å². The van der Waals surface area contributed by atoms with E-state index < -0.39 is 11.5 Å². The zero-order valence-corrected chi connectivity index (χ0v) is 18.0. The Balaban J connectivity index is 1.89. The molecule has 1 aromatic rings. The largest absolute Gasteiger partial charge is 0.465 e. The molecule has 1 atom stereocenters. The highest BCUT2D eigenvalue weighted by atomic mass is 16.6. The molecule has 0 radical (unpaired) electrons. The van der Waals surface area contributed by atoms with Crippen LogP contribution in [-0.2, 0) is 14.3 Å². The molecule has 0 aliphatic carbocycles. The Kier molecular flexibility index (Phi) is 6.96. The number of carbonyl (C=O) groups excluding carboxylic acids is 2. The van der Waals surface area contributed by atoms with E-state index in [0.29, 0.717) is 30.6 Å². The third kappa shape index (κ3) is 5.62. The van der Waals surface area contributed by atoms with Gasteiger partial charge in [0.2, 0.25) is 0 Å². The van der Waals surface area contributed by atoms with E-state index in [2.05, 4.69) is 10.1 Å². The van der Waals surface area contributed by atoms with Gasteiger partial charge in [0.15, 0.2) is 11.6 Å². The molecule has 2 heterocycles. The summed E-state index contributed by atoms with van der Waals surface area (Å²) in [4.78, 5) is 28.0. The van der Waals surface area contributed by atoms with Crippen molar-refractivity contribution >= 4 is 17.9 Å². The molecule has 1 amide bonds. The van der Waals surface area contributed by atoms with Gasteiger partial charge >= 0.3 is 12.1 Å². The average molecular weight is 396 g/mol. The molecule has 158 valence electrons. The van der Waals surface area contributed by atoms with Crippen molar-refractivity contribution in [3.05, 3.63) is 11.8 Å². The van der Waals surface area contributed by atoms with Gasteiger partial charge < -0.3 is 23.8 Å². The first kappa shape index (κ1) is 22.0. The van der Waals surface area contributed by atoms with E-state index >= 15 is 0 Å². The molecule has 0 spiro atoms. The van der Waals surface area contributed by atoms with Crippen molar-refractivity contribution in [1.29, 1.82) is 0 Å². The van der Waals surface area contributed by atoms with Gasteiger partial charge in [-0.15, -0.1) is 0 Å². The van der Waals surface area contributed by atoms with E-state index in [4.69, 9.17) is 14.0 Å². The lowest BCUT2D eigenvalue weighted by Gasteiger charge is -2.40. The van der Waals surface area contributed by atoms with Gasteiger partial charge in [-0.3, -0.25) is 4.79 Å². The molecular formula is C20H33N3O5. The quantitative estimate of drug-likeness (QED) is 0.655. The average Bonchev–Trinajstić information content (AvgIpc) is 2.97. The van der Waals surface area contributed by atoms with Crippen molar-refractivity contribution in [3.63, 3.8) is 0 Å². The number of rotatable bonds is 7. The summed E-state index contributed by atoms with van der Waals surface area (Å²) >= 11 is 0. The molecule has 1 aliphatic rings. The fourth-order valence-corrected chi connectivity index (χ4v) is 3.20. The molecule has 8 nitrogen and oxygen atoms in total. The molecule has 8 heteroatoms. The predicted octanol–water partition coefficient (Wildman–Crippen LogP) is 3.28. The van der Waals surface area contributed by atoms with Crippen LogP contribution in [0.15, 0.2) is 10.6 Å². The number of nitrogens with zero attached hydrogens (tertiary/aromatic N) is 3. The molecule has 1 fully saturated rings. The normalized spacial score (nSPS) is 15.9. The number of anilines is 1. The lowest BCUT2D eigenvalue weighted by atomic mass is 9.93. The molecule has 0 saturated carbocycles. The first-order chi connectivity index (χ1) is 13.0. The smallest absolute Gasteiger partial charge is 0.410 e. The van der Waals surface area contributed by atoms with E-state index in [0.717, 1.165) is 13.1 Å². The molecule has 2 rings (SSSR count). The Morgan fingerprint density at radius 3 is 2.54 bits per heavy atom. The van der Waals surface area contributed by atoms with Gasteiger partial charge in [-0.2, -0.15) is 0 Å². The Morgan fingerprint density at radius 1 is 1.36 bits per heavy atom. The van der Waals surface area contributed by atoms with E-state index in [9.17, 15) is 9.59 Å². The van der Waals surface area contributed by atoms with Crippen molar-refractivity contribution in [2.24, 2.45) is 11.8 Å². The molecule has 1 aliphatic heterocycles. The van der Waals surface area contributed by atoms with Crippen molar-refractivity contribution in [2.75, 3.05) is 38.2 Å². The predicted molar refractivity (Wildman–Crippen MR) is 105 cm³/mol. The Morgan fingerprint density at radius 2 is 2.00 bits per heavy atom. The van der Waals surface area contributed by atoms with Crippen LogP contribution in [0, 0.1) is 11.8 Å². The maximum Gasteiger partial charge on any atom is 0.410 e. The molecule has 0 aromatic carbocycles. The second-order valence-electron chi connectivity index (χ2n) is 8.69. The van der Waals surface area contributed by atoms with Gasteiger partial charge in [-0.25, -0.2) is 4.79 Å². The number of ether oxygens (including phenoxy) is 2. The number of carbonyl (C=O) groups is 2. The topological polar surface area (TPSA) is 85.1 Å². The second-order valence-corrected chi connectivity index (χ2v) is 8.69. The second kappa shape index (κ2) is 8.84. The first-order valence-electron chi connectivity index (χ1n) is 9.84. The van der Waals surface area contributed by atoms with Crippen LogP contribution >= 0.6 is 0 Å². The van der Waals surface area contributed by atoms with Gasteiger partial charge in [0, 0.05) is 38.7 Å². The summed E-state index contributed by atoms with van der Waals surface area (Å²) in [6.07, 6.45) is -0.316. The Labute approximate surface area is 167 Å². The summed E-state index contributed by atoms with van der Waals surface area (Å²) in [7, 11) is 1.75. The zero-order valence-electron chi connectivity index (χ0n) is 18.0. The van der Waals surface area contributed by atoms with E-state index in [1.54, 1.807) is 18.9 Å². The number of esters is 1. The lowest BCUT2D eigenvalue weighted by molar-refractivity contribution is -0.146. The maximum absolute atomic E-state index is 12.2. The van der Waals surface area contributed by atoms with Gasteiger partial charge in [0.1, 0.15) is 11.5 Å². The van der Waals surface area contributed by atoms with Crippen LogP contribution in [0.1, 0.15) is 53.2 Å². The minimum Gasteiger partial charge on any atom is -0.465 e. The highest BCUT2D eigenvalue weighted by Crippen LogP contribution is 2.31. The van der Waals surface area contributed by atoms with Crippen LogP contribution in [-0.4, -0.2) is 61.0 Å². The standard InChI is InChI=1S/C20H33N3O5/c1-8-26-18(24)17(13(2)3)15-9-16(21-28-15)23-11-14(12-23)10-22(7)19(25)27-20(4,5)6/h9,13-14,17H,8,10-12H2,1-7H3. The maximum atomic E-state index is 12.2. The molecule has 28 heavy (non-hydrogen) atoms. The van der Waals surface area contributed by atoms with Crippen molar-refractivity contribution in [2.45, 2.75) is 53.1 Å². The summed E-state index contributed by atoms with van der Waals surface area (Å²) in [5.74, 6) is 0.867. The van der Waals surface area contributed by atoms with Crippen molar-refractivity contribution in [1.82, 2.24) is 10.1 Å². The van der Waals surface area contributed by atoms with Crippen LogP contribution in [0.3, 0.4) is 0 Å². The zero-order chi connectivity index (χ0) is 21.1. The van der Waals surface area contributed by atoms with Crippen molar-refractivity contribution < 1.29 is 23.6 Å². The van der Waals surface area contributed by atoms with E-state index in [-0.39, 0.29) is 18.0 Å². The Hall–Kier alpha value is -2.25. The lowest BCUT2D eigenvalue weighted by Crippen LogP contribution is -2.52. The van der Waals surface area contributed by atoms with Gasteiger partial charge in [-0.05, 0) is 33.6 Å². The number of aromatic nitrogens is 1. The van der Waals surface area contributed by atoms with Gasteiger partial charge in [0.05, 0.1) is 6.61 Å². The van der Waals surface area contributed by atoms with Gasteiger partial charge in [0.25, 0.3) is 0 Å². The summed E-state index contributed by atoms with van der Waals surface area (Å²) in [5.41, 5.74) is -0.500. The molecular weight excluding hydrogens is 362 g/mol. The van der Waals surface area contributed by atoms with Gasteiger partial charge in [-0.1, -0.05) is 19.0 Å². The van der Waals surface area contributed by atoms with Crippen molar-refractivity contribution in [3.8, 4) is 0 Å². The van der Waals surface area contributed by atoms with Crippen LogP contribution in [0.25, 0.3) is 0 Å². The fourth-order valence-electron chi connectivity index (χ4n) is 3.20. The van der Waals surface area contributed by atoms with E-state index in [1.165, 1.54) is 0 Å². The summed E-state index contributed by atoms with van der Waals surface area (Å²) in [5, 5.41) is 4.12. The monoisotopic (exact) mass is 395 g/mol. The molecule has 1 aromatic heterocycles. The summed E-state index contributed by atoms with van der Waals surface area (Å²) in [6, 6.07) is 1.81. The minimum atomic E-state index is -0.500. The molecule has 1 unspecified atom stereocenters. The number of amides is 1. The number of hydrogen-bond donors (Lipinski definition) is 0. The number of hydrogen-bond acceptors (Lipinski definition) is 7. The SMILES string of the molecule is CCOC(=O)C(c1cc(N2CC(CN(C)C(=O)OC(C)(C)C)C2)no1)C(C)C. The highest BCUT2D eigenvalue weighted by Gasteiger charge is 2.34. The minimum absolute atomic E-state index is 0.0477. The third-order valence-corrected chi connectivity index (χ3v) is 4.55. The molecule has 0 bridgehead atoms. The van der Waals surface area contributed by atoms with Crippen LogP contribution in [0.4, 0.5) is 10.6 Å². The fraction of sp³-hybridized carbons (Fsp3) is 0.750.